The van der Waals surface area contributed by atoms with Gasteiger partial charge >= 0.3 is 0 Å². The molecule has 0 N–H and O–H groups in total. The Labute approximate surface area is 188 Å². The van der Waals surface area contributed by atoms with Gasteiger partial charge in [0.1, 0.15) is 0 Å². The molecule has 0 amide bonds. The van der Waals surface area contributed by atoms with Crippen molar-refractivity contribution in [1.29, 1.82) is 0 Å². The summed E-state index contributed by atoms with van der Waals surface area (Å²) in [4.78, 5) is 19.9. The molecule has 3 rings (SSSR count). The number of allylic oxidation sites excluding steroid dienone is 1. The second-order valence-electron chi connectivity index (χ2n) is 7.18. The van der Waals surface area contributed by atoms with Gasteiger partial charge in [0.2, 0.25) is 0 Å². The highest BCUT2D eigenvalue weighted by atomic mass is 16.6. The fourth-order valence-corrected chi connectivity index (χ4v) is 3.35. The minimum atomic E-state index is -0.155. The van der Waals surface area contributed by atoms with Crippen LogP contribution in [0.4, 0.5) is 5.82 Å². The Morgan fingerprint density at radius 1 is 0.812 bits per heavy atom. The fourth-order valence-electron chi connectivity index (χ4n) is 3.35. The highest BCUT2D eigenvalue weighted by Crippen LogP contribution is 2.14. The molecular formula is C23H33N3O6. The molecule has 0 radical (unpaired) electrons. The maximum atomic E-state index is 13.3. The van der Waals surface area contributed by atoms with Gasteiger partial charge in [0, 0.05) is 19.6 Å². The van der Waals surface area contributed by atoms with Crippen molar-refractivity contribution in [2.45, 2.75) is 6.54 Å². The molecular weight excluding hydrogens is 414 g/mol. The topological polar surface area (TPSA) is 84.3 Å². The minimum absolute atomic E-state index is 0.155. The molecule has 0 unspecified atom stereocenters. The standard InChI is InChI=1S/C23H33N3O6/c1-2-7-26-21-6-4-3-5-20(21)24-22(23(26)27)25-8-10-28-12-14-30-16-18-32-19-17-31-15-13-29-11-9-25/h2-6H,1,7-19H2. The normalized spacial score (nSPS) is 18.7. The van der Waals surface area contributed by atoms with Crippen LogP contribution in [-0.2, 0) is 30.2 Å². The van der Waals surface area contributed by atoms with Crippen LogP contribution in [0.1, 0.15) is 0 Å². The smallest absolute Gasteiger partial charge is 0.294 e. The number of para-hydroxylation sites is 2. The van der Waals surface area contributed by atoms with Gasteiger partial charge in [-0.1, -0.05) is 18.2 Å². The van der Waals surface area contributed by atoms with Gasteiger partial charge in [-0.25, -0.2) is 4.98 Å². The third kappa shape index (κ3) is 7.39. The van der Waals surface area contributed by atoms with E-state index in [0.29, 0.717) is 91.5 Å². The predicted molar refractivity (Wildman–Crippen MR) is 123 cm³/mol. The summed E-state index contributed by atoms with van der Waals surface area (Å²) in [6.45, 7) is 10.1. The average molecular weight is 448 g/mol. The molecule has 1 aromatic carbocycles. The van der Waals surface area contributed by atoms with E-state index in [9.17, 15) is 4.79 Å². The van der Waals surface area contributed by atoms with Gasteiger partial charge in [-0.2, -0.15) is 0 Å². The van der Waals surface area contributed by atoms with Crippen LogP contribution >= 0.6 is 0 Å². The van der Waals surface area contributed by atoms with Gasteiger partial charge in [0.15, 0.2) is 5.82 Å². The monoisotopic (exact) mass is 447 g/mol. The van der Waals surface area contributed by atoms with Crippen LogP contribution < -0.4 is 10.5 Å². The summed E-state index contributed by atoms with van der Waals surface area (Å²) in [6, 6.07) is 7.62. The molecule has 176 valence electrons. The lowest BCUT2D eigenvalue weighted by atomic mass is 10.3. The number of aromatic nitrogens is 2. The van der Waals surface area contributed by atoms with Gasteiger partial charge in [-0.3, -0.25) is 9.36 Å². The van der Waals surface area contributed by atoms with Crippen molar-refractivity contribution in [1.82, 2.24) is 9.55 Å². The molecule has 1 saturated heterocycles. The van der Waals surface area contributed by atoms with Crippen molar-refractivity contribution in [3.8, 4) is 0 Å². The van der Waals surface area contributed by atoms with Crippen LogP contribution in [0.15, 0.2) is 41.7 Å². The van der Waals surface area contributed by atoms with E-state index in [-0.39, 0.29) is 5.56 Å². The SMILES string of the molecule is C=CCn1c(=O)c(N2CCOCCOCCOCCOCCOCC2)nc2ccccc21. The lowest BCUT2D eigenvalue weighted by Crippen LogP contribution is -2.38. The van der Waals surface area contributed by atoms with Crippen molar-refractivity contribution in [2.75, 3.05) is 84.1 Å². The number of hydrogen-bond donors (Lipinski definition) is 0. The number of ether oxygens (including phenoxy) is 5. The Kier molecular flexibility index (Phi) is 10.6. The zero-order valence-electron chi connectivity index (χ0n) is 18.6. The molecule has 1 aliphatic heterocycles. The minimum Gasteiger partial charge on any atom is -0.377 e. The van der Waals surface area contributed by atoms with Gasteiger partial charge in [0.05, 0.1) is 77.1 Å². The molecule has 0 atom stereocenters. The highest BCUT2D eigenvalue weighted by Gasteiger charge is 2.17. The number of fused-ring (bicyclic) bond motifs is 1. The van der Waals surface area contributed by atoms with Crippen molar-refractivity contribution >= 4 is 16.9 Å². The first kappa shape index (κ1) is 24.3. The molecule has 9 nitrogen and oxygen atoms in total. The van der Waals surface area contributed by atoms with Crippen LogP contribution in [0, 0.1) is 0 Å². The van der Waals surface area contributed by atoms with Crippen LogP contribution in [0.2, 0.25) is 0 Å². The molecule has 0 spiro atoms. The second kappa shape index (κ2) is 14.0. The maximum absolute atomic E-state index is 13.3. The number of anilines is 1. The highest BCUT2D eigenvalue weighted by molar-refractivity contribution is 5.76. The van der Waals surface area contributed by atoms with E-state index in [0.717, 1.165) is 11.0 Å². The molecule has 1 aliphatic rings. The molecule has 32 heavy (non-hydrogen) atoms. The summed E-state index contributed by atoms with van der Waals surface area (Å²) in [5, 5.41) is 0. The molecule has 2 heterocycles. The molecule has 2 aromatic rings. The van der Waals surface area contributed by atoms with Crippen molar-refractivity contribution in [2.24, 2.45) is 0 Å². The third-order valence-corrected chi connectivity index (χ3v) is 4.95. The zero-order chi connectivity index (χ0) is 22.4. The van der Waals surface area contributed by atoms with Crippen molar-refractivity contribution in [3.63, 3.8) is 0 Å². The Morgan fingerprint density at radius 2 is 1.31 bits per heavy atom. The first-order valence-corrected chi connectivity index (χ1v) is 11.1. The molecule has 9 heteroatoms. The fraction of sp³-hybridized carbons (Fsp3) is 0.565. The van der Waals surface area contributed by atoms with E-state index in [4.69, 9.17) is 23.7 Å². The predicted octanol–water partition coefficient (Wildman–Crippen LogP) is 1.49. The first-order valence-electron chi connectivity index (χ1n) is 11.1. The van der Waals surface area contributed by atoms with E-state index < -0.39 is 0 Å². The average Bonchev–Trinajstić information content (AvgIpc) is 2.81. The van der Waals surface area contributed by atoms with E-state index in [1.165, 1.54) is 0 Å². The zero-order valence-corrected chi connectivity index (χ0v) is 18.6. The second-order valence-corrected chi connectivity index (χ2v) is 7.18. The van der Waals surface area contributed by atoms with Crippen LogP contribution in [0.3, 0.4) is 0 Å². The summed E-state index contributed by atoms with van der Waals surface area (Å²) in [6.07, 6.45) is 1.72. The summed E-state index contributed by atoms with van der Waals surface area (Å²) in [5.41, 5.74) is 1.39. The quantitative estimate of drug-likeness (QED) is 0.655. The van der Waals surface area contributed by atoms with Crippen LogP contribution in [0.25, 0.3) is 11.0 Å². The molecule has 1 aromatic heterocycles. The molecule has 1 fully saturated rings. The van der Waals surface area contributed by atoms with E-state index in [1.54, 1.807) is 10.6 Å². The number of benzene rings is 1. The number of hydrogen-bond acceptors (Lipinski definition) is 8. The van der Waals surface area contributed by atoms with Crippen LogP contribution in [-0.4, -0.2) is 88.7 Å². The lowest BCUT2D eigenvalue weighted by Gasteiger charge is -2.24. The summed E-state index contributed by atoms with van der Waals surface area (Å²) in [5.74, 6) is 0.386. The molecule has 0 bridgehead atoms. The van der Waals surface area contributed by atoms with Crippen molar-refractivity contribution < 1.29 is 23.7 Å². The van der Waals surface area contributed by atoms with E-state index in [2.05, 4.69) is 11.6 Å². The Bertz CT molecular complexity index is 870. The first-order chi connectivity index (χ1) is 15.8. The van der Waals surface area contributed by atoms with Crippen LogP contribution in [0.5, 0.6) is 0 Å². The van der Waals surface area contributed by atoms with Gasteiger partial charge in [0.25, 0.3) is 5.56 Å². The molecule has 0 aliphatic carbocycles. The van der Waals surface area contributed by atoms with E-state index >= 15 is 0 Å². The van der Waals surface area contributed by atoms with Gasteiger partial charge in [-0.15, -0.1) is 6.58 Å². The number of nitrogens with zero attached hydrogens (tertiary/aromatic N) is 3. The van der Waals surface area contributed by atoms with E-state index in [1.807, 2.05) is 29.2 Å². The Morgan fingerprint density at radius 3 is 1.84 bits per heavy atom. The van der Waals surface area contributed by atoms with Gasteiger partial charge < -0.3 is 28.6 Å². The summed E-state index contributed by atoms with van der Waals surface area (Å²) in [7, 11) is 0. The summed E-state index contributed by atoms with van der Waals surface area (Å²) >= 11 is 0. The lowest BCUT2D eigenvalue weighted by molar-refractivity contribution is -0.0116. The van der Waals surface area contributed by atoms with Crippen molar-refractivity contribution in [3.05, 3.63) is 47.3 Å². The largest absolute Gasteiger partial charge is 0.377 e. The third-order valence-electron chi connectivity index (χ3n) is 4.95. The maximum Gasteiger partial charge on any atom is 0.294 e. The summed E-state index contributed by atoms with van der Waals surface area (Å²) < 4.78 is 29.6. The Balaban J connectivity index is 1.74. The Hall–Kier alpha value is -2.30. The van der Waals surface area contributed by atoms with Gasteiger partial charge in [-0.05, 0) is 12.1 Å². The number of rotatable bonds is 3. The molecule has 0 saturated carbocycles.